The largest absolute Gasteiger partial charge is 0.496 e. The number of anilines is 2. The summed E-state index contributed by atoms with van der Waals surface area (Å²) in [6.45, 7) is -2.93. The average molecular weight is 468 g/mol. The Morgan fingerprint density at radius 3 is 2.61 bits per heavy atom. The van der Waals surface area contributed by atoms with Crippen LogP contribution in [0.4, 0.5) is 20.3 Å². The fraction of sp³-hybridized carbons (Fsp3) is 0.130. The normalized spacial score (nSPS) is 11.3. The summed E-state index contributed by atoms with van der Waals surface area (Å²) < 4.78 is 43.1. The number of nitrogens with one attached hydrogen (secondary N) is 1. The summed E-state index contributed by atoms with van der Waals surface area (Å²) >= 11 is 1.63. The van der Waals surface area contributed by atoms with Crippen LogP contribution in [-0.4, -0.2) is 35.4 Å². The zero-order valence-electron chi connectivity index (χ0n) is 17.6. The lowest BCUT2D eigenvalue weighted by molar-refractivity contribution is -0.0512. The van der Waals surface area contributed by atoms with Crippen molar-refractivity contribution in [1.29, 1.82) is 0 Å². The van der Waals surface area contributed by atoms with E-state index in [2.05, 4.69) is 26.2 Å². The molecule has 0 spiro atoms. The van der Waals surface area contributed by atoms with E-state index >= 15 is 0 Å². The van der Waals surface area contributed by atoms with Crippen molar-refractivity contribution in [2.24, 2.45) is 0 Å². The SMILES string of the molecule is COc1cc(Nc2ccc3ncc(-c4cc5c(OC)cccc5s4)n3n2)ccc1OC(F)F. The van der Waals surface area contributed by atoms with Gasteiger partial charge in [0.05, 0.1) is 25.3 Å². The highest BCUT2D eigenvalue weighted by molar-refractivity contribution is 7.22. The highest BCUT2D eigenvalue weighted by Crippen LogP contribution is 2.38. The summed E-state index contributed by atoms with van der Waals surface area (Å²) in [7, 11) is 3.04. The van der Waals surface area contributed by atoms with Gasteiger partial charge in [-0.25, -0.2) is 9.50 Å². The molecular formula is C23H18F2N4O3S. The van der Waals surface area contributed by atoms with Crippen molar-refractivity contribution in [1.82, 2.24) is 14.6 Å². The first-order valence-electron chi connectivity index (χ1n) is 9.87. The summed E-state index contributed by atoms with van der Waals surface area (Å²) in [5, 5.41) is 8.87. The first-order chi connectivity index (χ1) is 16.1. The van der Waals surface area contributed by atoms with Gasteiger partial charge in [-0.3, -0.25) is 0 Å². The minimum absolute atomic E-state index is 0.0430. The molecule has 0 aliphatic rings. The second-order valence-electron chi connectivity index (χ2n) is 6.98. The third-order valence-corrected chi connectivity index (χ3v) is 6.13. The zero-order chi connectivity index (χ0) is 22.9. The van der Waals surface area contributed by atoms with Gasteiger partial charge in [-0.1, -0.05) is 6.07 Å². The van der Waals surface area contributed by atoms with Crippen LogP contribution in [0.25, 0.3) is 26.3 Å². The highest BCUT2D eigenvalue weighted by Gasteiger charge is 2.14. The second-order valence-corrected chi connectivity index (χ2v) is 8.07. The van der Waals surface area contributed by atoms with Gasteiger partial charge in [0.1, 0.15) is 11.4 Å². The number of rotatable bonds is 7. The molecule has 0 saturated carbocycles. The molecule has 3 heterocycles. The molecule has 33 heavy (non-hydrogen) atoms. The molecule has 3 aromatic heterocycles. The number of nitrogens with zero attached hydrogens (tertiary/aromatic N) is 3. The molecule has 0 unspecified atom stereocenters. The average Bonchev–Trinajstić information content (AvgIpc) is 3.43. The van der Waals surface area contributed by atoms with Crippen molar-refractivity contribution in [3.8, 4) is 27.8 Å². The fourth-order valence-electron chi connectivity index (χ4n) is 3.53. The summed E-state index contributed by atoms with van der Waals surface area (Å²) in [4.78, 5) is 5.46. The number of thiophene rings is 1. The molecule has 0 fully saturated rings. The maximum atomic E-state index is 12.6. The first kappa shape index (κ1) is 21.0. The summed E-state index contributed by atoms with van der Waals surface area (Å²) in [5.41, 5.74) is 2.14. The molecule has 5 aromatic rings. The third-order valence-electron chi connectivity index (χ3n) is 5.01. The van der Waals surface area contributed by atoms with E-state index in [-0.39, 0.29) is 11.5 Å². The number of hydrogen-bond acceptors (Lipinski definition) is 7. The van der Waals surface area contributed by atoms with E-state index in [4.69, 9.17) is 9.47 Å². The van der Waals surface area contributed by atoms with E-state index in [9.17, 15) is 8.78 Å². The molecule has 0 saturated heterocycles. The first-order valence-corrected chi connectivity index (χ1v) is 10.7. The van der Waals surface area contributed by atoms with Crippen molar-refractivity contribution in [3.05, 3.63) is 60.8 Å². The van der Waals surface area contributed by atoms with E-state index in [0.717, 1.165) is 26.4 Å². The number of hydrogen-bond donors (Lipinski definition) is 1. The monoisotopic (exact) mass is 468 g/mol. The predicted molar refractivity (Wildman–Crippen MR) is 123 cm³/mol. The molecule has 5 rings (SSSR count). The molecule has 0 atom stereocenters. The number of methoxy groups -OCH3 is 2. The molecule has 0 amide bonds. The van der Waals surface area contributed by atoms with E-state index in [1.54, 1.807) is 47.4 Å². The fourth-order valence-corrected chi connectivity index (χ4v) is 4.61. The third kappa shape index (κ3) is 4.00. The number of alkyl halides is 2. The van der Waals surface area contributed by atoms with E-state index in [1.165, 1.54) is 13.2 Å². The molecule has 0 bridgehead atoms. The molecule has 0 radical (unpaired) electrons. The maximum Gasteiger partial charge on any atom is 0.387 e. The Morgan fingerprint density at radius 1 is 0.970 bits per heavy atom. The quantitative estimate of drug-likeness (QED) is 0.317. The summed E-state index contributed by atoms with van der Waals surface area (Å²) in [6, 6.07) is 16.2. The van der Waals surface area contributed by atoms with E-state index in [1.807, 2.05) is 24.3 Å². The summed E-state index contributed by atoms with van der Waals surface area (Å²) in [6.07, 6.45) is 1.78. The smallest absolute Gasteiger partial charge is 0.387 e. The van der Waals surface area contributed by atoms with Gasteiger partial charge < -0.3 is 19.5 Å². The number of halogens is 2. The Balaban J connectivity index is 1.49. The lowest BCUT2D eigenvalue weighted by Crippen LogP contribution is -2.04. The van der Waals surface area contributed by atoms with Crippen molar-refractivity contribution in [2.75, 3.05) is 19.5 Å². The summed E-state index contributed by atoms with van der Waals surface area (Å²) in [5.74, 6) is 1.50. The van der Waals surface area contributed by atoms with Crippen LogP contribution in [0.3, 0.4) is 0 Å². The van der Waals surface area contributed by atoms with Gasteiger partial charge in [0.2, 0.25) is 0 Å². The van der Waals surface area contributed by atoms with Crippen LogP contribution in [0, 0.1) is 0 Å². The number of ether oxygens (including phenoxy) is 3. The van der Waals surface area contributed by atoms with Crippen LogP contribution in [0.15, 0.2) is 60.8 Å². The van der Waals surface area contributed by atoms with E-state index < -0.39 is 6.61 Å². The molecule has 7 nitrogen and oxygen atoms in total. The molecule has 2 aromatic carbocycles. The Morgan fingerprint density at radius 2 is 1.82 bits per heavy atom. The van der Waals surface area contributed by atoms with Gasteiger partial charge >= 0.3 is 6.61 Å². The van der Waals surface area contributed by atoms with Crippen LogP contribution in [0.2, 0.25) is 0 Å². The second kappa shape index (κ2) is 8.55. The molecule has 168 valence electrons. The van der Waals surface area contributed by atoms with Crippen LogP contribution >= 0.6 is 11.3 Å². The molecule has 0 aliphatic heterocycles. The number of imidazole rings is 1. The number of fused-ring (bicyclic) bond motifs is 2. The van der Waals surface area contributed by atoms with Crippen molar-refractivity contribution in [2.45, 2.75) is 6.61 Å². The molecule has 0 aliphatic carbocycles. The van der Waals surface area contributed by atoms with Crippen molar-refractivity contribution in [3.63, 3.8) is 0 Å². The van der Waals surface area contributed by atoms with Gasteiger partial charge in [-0.05, 0) is 42.5 Å². The van der Waals surface area contributed by atoms with Crippen LogP contribution in [0.1, 0.15) is 0 Å². The van der Waals surface area contributed by atoms with Gasteiger partial charge in [0, 0.05) is 21.8 Å². The number of benzene rings is 2. The van der Waals surface area contributed by atoms with Crippen molar-refractivity contribution >= 4 is 38.6 Å². The minimum Gasteiger partial charge on any atom is -0.496 e. The van der Waals surface area contributed by atoms with Gasteiger partial charge in [0.25, 0.3) is 0 Å². The maximum absolute atomic E-state index is 12.6. The minimum atomic E-state index is -2.93. The lowest BCUT2D eigenvalue weighted by Gasteiger charge is -2.12. The predicted octanol–water partition coefficient (Wildman–Crippen LogP) is 5.97. The Hall–Kier alpha value is -3.92. The Bertz CT molecular complexity index is 1450. The molecular weight excluding hydrogens is 450 g/mol. The Kier molecular flexibility index (Phi) is 5.43. The highest BCUT2D eigenvalue weighted by atomic mass is 32.1. The van der Waals surface area contributed by atoms with Gasteiger partial charge in [-0.15, -0.1) is 16.4 Å². The van der Waals surface area contributed by atoms with E-state index in [0.29, 0.717) is 17.2 Å². The van der Waals surface area contributed by atoms with Crippen LogP contribution in [0.5, 0.6) is 17.2 Å². The molecule has 1 N–H and O–H groups in total. The topological polar surface area (TPSA) is 69.9 Å². The lowest BCUT2D eigenvalue weighted by atomic mass is 10.2. The number of aromatic nitrogens is 3. The molecule has 10 heteroatoms. The standard InChI is InChI=1S/C23H18F2N4O3S/c1-30-16-4-3-5-19-14(16)11-20(33-19)15-12-26-22-9-8-21(28-29(15)22)27-13-6-7-17(32-23(24)25)18(10-13)31-2/h3-12,23H,1-2H3,(H,27,28). The zero-order valence-corrected chi connectivity index (χ0v) is 18.4. The van der Waals surface area contributed by atoms with Gasteiger partial charge in [-0.2, -0.15) is 8.78 Å². The Labute approximate surface area is 191 Å². The van der Waals surface area contributed by atoms with Crippen LogP contribution in [-0.2, 0) is 0 Å². The van der Waals surface area contributed by atoms with Crippen LogP contribution < -0.4 is 19.5 Å². The van der Waals surface area contributed by atoms with Gasteiger partial charge in [0.15, 0.2) is 23.0 Å². The van der Waals surface area contributed by atoms with Crippen molar-refractivity contribution < 1.29 is 23.0 Å².